The molecule has 2 aromatic rings. The molecule has 1 aliphatic rings. The van der Waals surface area contributed by atoms with Gasteiger partial charge in [0.2, 0.25) is 5.88 Å². The van der Waals surface area contributed by atoms with Crippen molar-refractivity contribution in [1.29, 1.82) is 0 Å². The Hall–Kier alpha value is -2.63. The number of ether oxygens (including phenoxy) is 1. The SMILES string of the molecule is COc1ncccc1NC(=O)c1c(C)cc(C)n(CC2CC2)c1=O. The van der Waals surface area contributed by atoms with Crippen LogP contribution in [0.25, 0.3) is 0 Å². The standard InChI is InChI=1S/C18H21N3O3/c1-11-9-12(2)21(10-13-6-7-13)18(23)15(11)16(22)20-14-5-4-8-19-17(14)24-3/h4-5,8-9,13H,6-7,10H2,1-3H3,(H,20,22). The summed E-state index contributed by atoms with van der Waals surface area (Å²) in [5.41, 5.74) is 1.94. The Morgan fingerprint density at radius 3 is 2.83 bits per heavy atom. The topological polar surface area (TPSA) is 73.2 Å². The first-order chi connectivity index (χ1) is 11.5. The predicted molar refractivity (Wildman–Crippen MR) is 91.6 cm³/mol. The molecule has 0 atom stereocenters. The van der Waals surface area contributed by atoms with Gasteiger partial charge in [0.25, 0.3) is 11.5 Å². The maximum Gasteiger partial charge on any atom is 0.263 e. The number of anilines is 1. The molecule has 1 N–H and O–H groups in total. The van der Waals surface area contributed by atoms with E-state index in [0.717, 1.165) is 18.5 Å². The van der Waals surface area contributed by atoms with Crippen LogP contribution >= 0.6 is 0 Å². The summed E-state index contributed by atoms with van der Waals surface area (Å²) in [7, 11) is 1.48. The van der Waals surface area contributed by atoms with Crippen molar-refractivity contribution < 1.29 is 9.53 Å². The van der Waals surface area contributed by atoms with Crippen LogP contribution in [0.15, 0.2) is 29.2 Å². The van der Waals surface area contributed by atoms with E-state index in [4.69, 9.17) is 4.74 Å². The van der Waals surface area contributed by atoms with Crippen LogP contribution in [0.4, 0.5) is 5.69 Å². The van der Waals surface area contributed by atoms with Crippen molar-refractivity contribution in [3.63, 3.8) is 0 Å². The zero-order valence-electron chi connectivity index (χ0n) is 14.1. The van der Waals surface area contributed by atoms with Crippen LogP contribution in [0.5, 0.6) is 5.88 Å². The fourth-order valence-corrected chi connectivity index (χ4v) is 2.82. The number of nitrogens with zero attached hydrogens (tertiary/aromatic N) is 2. The lowest BCUT2D eigenvalue weighted by Crippen LogP contribution is -2.32. The first-order valence-corrected chi connectivity index (χ1v) is 8.02. The van der Waals surface area contributed by atoms with E-state index in [0.29, 0.717) is 29.6 Å². The lowest BCUT2D eigenvalue weighted by molar-refractivity contribution is 0.102. The van der Waals surface area contributed by atoms with Crippen molar-refractivity contribution in [3.05, 3.63) is 51.6 Å². The highest BCUT2D eigenvalue weighted by atomic mass is 16.5. The van der Waals surface area contributed by atoms with Crippen molar-refractivity contribution in [2.75, 3.05) is 12.4 Å². The Balaban J connectivity index is 1.95. The van der Waals surface area contributed by atoms with E-state index in [9.17, 15) is 9.59 Å². The van der Waals surface area contributed by atoms with Crippen LogP contribution in [0, 0.1) is 19.8 Å². The summed E-state index contributed by atoms with van der Waals surface area (Å²) in [5, 5.41) is 2.74. The van der Waals surface area contributed by atoms with Crippen molar-refractivity contribution in [2.45, 2.75) is 33.2 Å². The van der Waals surface area contributed by atoms with Gasteiger partial charge in [0.1, 0.15) is 11.3 Å². The Kier molecular flexibility index (Phi) is 4.38. The molecule has 0 radical (unpaired) electrons. The minimum atomic E-state index is -0.437. The van der Waals surface area contributed by atoms with Gasteiger partial charge < -0.3 is 14.6 Å². The summed E-state index contributed by atoms with van der Waals surface area (Å²) in [4.78, 5) is 29.5. The number of hydrogen-bond acceptors (Lipinski definition) is 4. The van der Waals surface area contributed by atoms with Crippen molar-refractivity contribution in [3.8, 4) is 5.88 Å². The zero-order chi connectivity index (χ0) is 17.3. The molecule has 1 amide bonds. The van der Waals surface area contributed by atoms with E-state index in [1.54, 1.807) is 29.8 Å². The molecule has 0 spiro atoms. The van der Waals surface area contributed by atoms with Crippen molar-refractivity contribution >= 4 is 11.6 Å². The molecule has 6 heteroatoms. The molecular weight excluding hydrogens is 306 g/mol. The maximum atomic E-state index is 12.8. The fourth-order valence-electron chi connectivity index (χ4n) is 2.82. The molecule has 0 bridgehead atoms. The fraction of sp³-hybridized carbons (Fsp3) is 0.389. The molecule has 3 rings (SSSR count). The number of nitrogens with one attached hydrogen (secondary N) is 1. The van der Waals surface area contributed by atoms with E-state index in [2.05, 4.69) is 10.3 Å². The summed E-state index contributed by atoms with van der Waals surface area (Å²) in [6.07, 6.45) is 3.87. The quantitative estimate of drug-likeness (QED) is 0.916. The van der Waals surface area contributed by atoms with Gasteiger partial charge in [-0.3, -0.25) is 9.59 Å². The Morgan fingerprint density at radius 2 is 2.17 bits per heavy atom. The number of carbonyl (C=O) groups excluding carboxylic acids is 1. The molecule has 1 aliphatic carbocycles. The summed E-state index contributed by atoms with van der Waals surface area (Å²) in [5.74, 6) is 0.431. The van der Waals surface area contributed by atoms with E-state index in [1.807, 2.05) is 13.0 Å². The molecule has 1 fully saturated rings. The van der Waals surface area contributed by atoms with Crippen LogP contribution in [0.2, 0.25) is 0 Å². The van der Waals surface area contributed by atoms with Crippen LogP contribution in [0.3, 0.4) is 0 Å². The number of aromatic nitrogens is 2. The second-order valence-electron chi connectivity index (χ2n) is 6.22. The first kappa shape index (κ1) is 16.2. The van der Waals surface area contributed by atoms with Gasteiger partial charge in [-0.1, -0.05) is 0 Å². The maximum absolute atomic E-state index is 12.8. The molecule has 24 heavy (non-hydrogen) atoms. The highest BCUT2D eigenvalue weighted by Crippen LogP contribution is 2.30. The summed E-state index contributed by atoms with van der Waals surface area (Å²) in [6.45, 7) is 4.37. The summed E-state index contributed by atoms with van der Waals surface area (Å²) in [6, 6.07) is 5.28. The van der Waals surface area contributed by atoms with Crippen LogP contribution < -0.4 is 15.6 Å². The van der Waals surface area contributed by atoms with E-state index < -0.39 is 5.91 Å². The number of rotatable bonds is 5. The number of carbonyl (C=O) groups is 1. The molecule has 6 nitrogen and oxygen atoms in total. The molecule has 126 valence electrons. The minimum absolute atomic E-state index is 0.173. The van der Waals surface area contributed by atoms with Crippen LogP contribution in [-0.2, 0) is 6.54 Å². The zero-order valence-corrected chi connectivity index (χ0v) is 14.1. The summed E-state index contributed by atoms with van der Waals surface area (Å²) >= 11 is 0. The highest BCUT2D eigenvalue weighted by Gasteiger charge is 2.25. The number of amides is 1. The summed E-state index contributed by atoms with van der Waals surface area (Å²) < 4.78 is 6.85. The van der Waals surface area contributed by atoms with Gasteiger partial charge in [-0.25, -0.2) is 4.98 Å². The van der Waals surface area contributed by atoms with Crippen LogP contribution in [-0.4, -0.2) is 22.6 Å². The third-order valence-electron chi connectivity index (χ3n) is 4.28. The molecule has 0 saturated heterocycles. The Bertz CT molecular complexity index is 838. The second-order valence-corrected chi connectivity index (χ2v) is 6.22. The molecular formula is C18H21N3O3. The van der Waals surface area contributed by atoms with Gasteiger partial charge in [0, 0.05) is 18.4 Å². The monoisotopic (exact) mass is 327 g/mol. The van der Waals surface area contributed by atoms with E-state index >= 15 is 0 Å². The molecule has 0 aromatic carbocycles. The third-order valence-corrected chi connectivity index (χ3v) is 4.28. The molecule has 0 aliphatic heterocycles. The smallest absolute Gasteiger partial charge is 0.263 e. The van der Waals surface area contributed by atoms with E-state index in [-0.39, 0.29) is 11.1 Å². The third kappa shape index (κ3) is 3.18. The predicted octanol–water partition coefficient (Wildman–Crippen LogP) is 2.53. The molecule has 0 unspecified atom stereocenters. The highest BCUT2D eigenvalue weighted by molar-refractivity contribution is 6.05. The number of hydrogen-bond donors (Lipinski definition) is 1. The largest absolute Gasteiger partial charge is 0.480 e. The van der Waals surface area contributed by atoms with Crippen molar-refractivity contribution in [2.24, 2.45) is 5.92 Å². The first-order valence-electron chi connectivity index (χ1n) is 8.02. The van der Waals surface area contributed by atoms with Gasteiger partial charge in [-0.2, -0.15) is 0 Å². The second kappa shape index (κ2) is 6.47. The normalized spacial score (nSPS) is 13.6. The number of methoxy groups -OCH3 is 1. The van der Waals surface area contributed by atoms with Gasteiger partial charge in [0.15, 0.2) is 0 Å². The Labute approximate surface area is 140 Å². The van der Waals surface area contributed by atoms with Gasteiger partial charge >= 0.3 is 0 Å². The lowest BCUT2D eigenvalue weighted by atomic mass is 10.1. The molecule has 1 saturated carbocycles. The Morgan fingerprint density at radius 1 is 1.42 bits per heavy atom. The minimum Gasteiger partial charge on any atom is -0.480 e. The van der Waals surface area contributed by atoms with Gasteiger partial charge in [0.05, 0.1) is 7.11 Å². The van der Waals surface area contributed by atoms with Gasteiger partial charge in [-0.05, 0) is 56.4 Å². The molecule has 2 aromatic heterocycles. The van der Waals surface area contributed by atoms with E-state index in [1.165, 1.54) is 7.11 Å². The van der Waals surface area contributed by atoms with Crippen LogP contribution in [0.1, 0.15) is 34.5 Å². The average Bonchev–Trinajstić information content (AvgIpc) is 3.36. The molecule has 2 heterocycles. The number of aryl methyl sites for hydroxylation is 2. The van der Waals surface area contributed by atoms with Crippen molar-refractivity contribution in [1.82, 2.24) is 9.55 Å². The number of pyridine rings is 2. The van der Waals surface area contributed by atoms with Gasteiger partial charge in [-0.15, -0.1) is 0 Å². The lowest BCUT2D eigenvalue weighted by Gasteiger charge is -2.15. The average molecular weight is 327 g/mol.